The number of ether oxygens (including phenoxy) is 2. The third-order valence-electron chi connectivity index (χ3n) is 5.21. The topological polar surface area (TPSA) is 149 Å². The van der Waals surface area contributed by atoms with Gasteiger partial charge in [-0.3, -0.25) is 4.79 Å². The van der Waals surface area contributed by atoms with Crippen LogP contribution in [-0.4, -0.2) is 87.5 Å². The number of amides is 1. The Kier molecular flexibility index (Phi) is 12.9. The molecule has 0 bridgehead atoms. The van der Waals surface area contributed by atoms with Crippen LogP contribution in [0.4, 0.5) is 0 Å². The number of carbonyl (C=O) groups is 1. The number of hydrogen-bond donors (Lipinski definition) is 6. The first-order valence-corrected chi connectivity index (χ1v) is 10.7. The second kappa shape index (κ2) is 14.2. The molecular formula is C20H39NO8. The molecule has 172 valence electrons. The molecule has 0 aromatic heterocycles. The number of rotatable bonds is 14. The lowest BCUT2D eigenvalue weighted by Gasteiger charge is -2.40. The van der Waals surface area contributed by atoms with Crippen molar-refractivity contribution in [3.8, 4) is 0 Å². The highest BCUT2D eigenvalue weighted by molar-refractivity contribution is 5.76. The summed E-state index contributed by atoms with van der Waals surface area (Å²) in [5, 5.41) is 52.4. The standard InChI is InChI=1S/C20H39NO8/c1-3-5-7-8-9-14(23)13(21-16(24)10-6-4-2)12-28-20-19(27)18(26)17(25)15(11-22)29-20/h13-15,17-20,22-23,25-27H,3-12H2,1-2H3,(H,21,24). The summed E-state index contributed by atoms with van der Waals surface area (Å²) in [5.41, 5.74) is 0. The molecule has 1 aliphatic rings. The molecule has 1 aliphatic heterocycles. The van der Waals surface area contributed by atoms with E-state index in [0.29, 0.717) is 12.8 Å². The lowest BCUT2D eigenvalue weighted by molar-refractivity contribution is -0.302. The summed E-state index contributed by atoms with van der Waals surface area (Å²) in [6.45, 7) is 3.38. The molecule has 0 aliphatic carbocycles. The van der Waals surface area contributed by atoms with Crippen molar-refractivity contribution in [3.05, 3.63) is 0 Å². The number of nitrogens with one attached hydrogen (secondary N) is 1. The first-order valence-electron chi connectivity index (χ1n) is 10.7. The van der Waals surface area contributed by atoms with Crippen molar-refractivity contribution in [3.63, 3.8) is 0 Å². The van der Waals surface area contributed by atoms with Gasteiger partial charge in [-0.1, -0.05) is 46.0 Å². The smallest absolute Gasteiger partial charge is 0.220 e. The van der Waals surface area contributed by atoms with E-state index in [1.54, 1.807) is 0 Å². The Labute approximate surface area is 173 Å². The van der Waals surface area contributed by atoms with Crippen molar-refractivity contribution in [2.24, 2.45) is 0 Å². The molecule has 7 atom stereocenters. The van der Waals surface area contributed by atoms with Gasteiger partial charge in [0.25, 0.3) is 0 Å². The van der Waals surface area contributed by atoms with Crippen molar-refractivity contribution in [1.29, 1.82) is 0 Å². The third kappa shape index (κ3) is 8.84. The van der Waals surface area contributed by atoms with Gasteiger partial charge in [0.05, 0.1) is 25.4 Å². The molecule has 0 saturated carbocycles. The normalized spacial score (nSPS) is 29.4. The molecule has 0 spiro atoms. The van der Waals surface area contributed by atoms with Gasteiger partial charge in [0, 0.05) is 6.42 Å². The van der Waals surface area contributed by atoms with Gasteiger partial charge in [0.1, 0.15) is 24.4 Å². The van der Waals surface area contributed by atoms with Gasteiger partial charge in [-0.15, -0.1) is 0 Å². The van der Waals surface area contributed by atoms with Gasteiger partial charge in [0.15, 0.2) is 6.29 Å². The molecule has 9 nitrogen and oxygen atoms in total. The third-order valence-corrected chi connectivity index (χ3v) is 5.21. The highest BCUT2D eigenvalue weighted by Gasteiger charge is 2.44. The van der Waals surface area contributed by atoms with Crippen LogP contribution in [0.25, 0.3) is 0 Å². The van der Waals surface area contributed by atoms with Gasteiger partial charge in [0.2, 0.25) is 5.91 Å². The Bertz CT molecular complexity index is 450. The minimum absolute atomic E-state index is 0.143. The van der Waals surface area contributed by atoms with E-state index in [-0.39, 0.29) is 12.5 Å². The minimum Gasteiger partial charge on any atom is -0.394 e. The number of hydrogen-bond acceptors (Lipinski definition) is 8. The predicted octanol–water partition coefficient (Wildman–Crippen LogP) is -0.191. The van der Waals surface area contributed by atoms with Crippen molar-refractivity contribution in [2.45, 2.75) is 108 Å². The average molecular weight is 422 g/mol. The highest BCUT2D eigenvalue weighted by Crippen LogP contribution is 2.22. The number of aliphatic hydroxyl groups is 5. The van der Waals surface area contributed by atoms with Crippen LogP contribution in [0.5, 0.6) is 0 Å². The summed E-state index contributed by atoms with van der Waals surface area (Å²) in [4.78, 5) is 12.1. The molecule has 1 saturated heterocycles. The Morgan fingerprint density at radius 1 is 1.03 bits per heavy atom. The summed E-state index contributed by atoms with van der Waals surface area (Å²) in [6.07, 6.45) is -1.34. The molecule has 1 amide bonds. The molecule has 1 heterocycles. The zero-order valence-corrected chi connectivity index (χ0v) is 17.6. The molecular weight excluding hydrogens is 382 g/mol. The van der Waals surface area contributed by atoms with E-state index in [1.165, 1.54) is 0 Å². The van der Waals surface area contributed by atoms with Gasteiger partial charge < -0.3 is 40.3 Å². The van der Waals surface area contributed by atoms with Crippen LogP contribution in [0.15, 0.2) is 0 Å². The lowest BCUT2D eigenvalue weighted by atomic mass is 9.99. The summed E-state index contributed by atoms with van der Waals surface area (Å²) < 4.78 is 10.9. The molecule has 29 heavy (non-hydrogen) atoms. The summed E-state index contributed by atoms with van der Waals surface area (Å²) in [6, 6.07) is -0.701. The zero-order chi connectivity index (χ0) is 21.8. The Morgan fingerprint density at radius 2 is 1.72 bits per heavy atom. The first-order chi connectivity index (χ1) is 13.8. The lowest BCUT2D eigenvalue weighted by Crippen LogP contribution is -2.60. The van der Waals surface area contributed by atoms with Crippen LogP contribution >= 0.6 is 0 Å². The van der Waals surface area contributed by atoms with E-state index in [1.807, 2.05) is 6.92 Å². The molecule has 0 radical (unpaired) electrons. The maximum atomic E-state index is 12.1. The fraction of sp³-hybridized carbons (Fsp3) is 0.950. The van der Waals surface area contributed by atoms with Gasteiger partial charge in [-0.25, -0.2) is 0 Å². The van der Waals surface area contributed by atoms with E-state index in [2.05, 4.69) is 12.2 Å². The first kappa shape index (κ1) is 26.2. The second-order valence-corrected chi connectivity index (χ2v) is 7.72. The minimum atomic E-state index is -1.54. The molecule has 0 aromatic rings. The Morgan fingerprint density at radius 3 is 2.34 bits per heavy atom. The quantitative estimate of drug-likeness (QED) is 0.211. The maximum absolute atomic E-state index is 12.1. The van der Waals surface area contributed by atoms with Gasteiger partial charge >= 0.3 is 0 Å². The van der Waals surface area contributed by atoms with Crippen LogP contribution in [0, 0.1) is 0 Å². The van der Waals surface area contributed by atoms with Crippen LogP contribution in [-0.2, 0) is 14.3 Å². The van der Waals surface area contributed by atoms with E-state index in [4.69, 9.17) is 9.47 Å². The summed E-state index contributed by atoms with van der Waals surface area (Å²) in [7, 11) is 0. The number of unbranched alkanes of at least 4 members (excludes halogenated alkanes) is 4. The SMILES string of the molecule is CCCCCCC(O)C(COC1OC(CO)C(O)C(O)C1O)NC(=O)CCCC. The molecule has 1 rings (SSSR count). The maximum Gasteiger partial charge on any atom is 0.220 e. The second-order valence-electron chi connectivity index (χ2n) is 7.72. The average Bonchev–Trinajstić information content (AvgIpc) is 2.71. The fourth-order valence-corrected chi connectivity index (χ4v) is 3.25. The van der Waals surface area contributed by atoms with Crippen molar-refractivity contribution in [1.82, 2.24) is 5.32 Å². The highest BCUT2D eigenvalue weighted by atomic mass is 16.7. The number of carbonyl (C=O) groups excluding carboxylic acids is 1. The van der Waals surface area contributed by atoms with Crippen molar-refractivity contribution < 1.29 is 39.8 Å². The Balaban J connectivity index is 2.67. The Hall–Kier alpha value is -0.810. The number of aliphatic hydroxyl groups excluding tert-OH is 5. The monoisotopic (exact) mass is 421 g/mol. The molecule has 1 fully saturated rings. The molecule has 7 unspecified atom stereocenters. The van der Waals surface area contributed by atoms with E-state index >= 15 is 0 Å². The van der Waals surface area contributed by atoms with Gasteiger partial charge in [-0.05, 0) is 12.8 Å². The van der Waals surface area contributed by atoms with Crippen molar-refractivity contribution >= 4 is 5.91 Å². The van der Waals surface area contributed by atoms with E-state index in [0.717, 1.165) is 38.5 Å². The molecule has 9 heteroatoms. The fourth-order valence-electron chi connectivity index (χ4n) is 3.25. The predicted molar refractivity (Wildman–Crippen MR) is 106 cm³/mol. The molecule has 0 aromatic carbocycles. The van der Waals surface area contributed by atoms with Crippen LogP contribution in [0.1, 0.15) is 65.2 Å². The molecule has 6 N–H and O–H groups in total. The van der Waals surface area contributed by atoms with Crippen LogP contribution in [0.2, 0.25) is 0 Å². The summed E-state index contributed by atoms with van der Waals surface area (Å²) >= 11 is 0. The van der Waals surface area contributed by atoms with E-state index in [9.17, 15) is 30.3 Å². The summed E-state index contributed by atoms with van der Waals surface area (Å²) in [5.74, 6) is -0.193. The van der Waals surface area contributed by atoms with Crippen LogP contribution < -0.4 is 5.32 Å². The van der Waals surface area contributed by atoms with E-state index < -0.39 is 49.5 Å². The zero-order valence-electron chi connectivity index (χ0n) is 17.6. The van der Waals surface area contributed by atoms with Gasteiger partial charge in [-0.2, -0.15) is 0 Å². The van der Waals surface area contributed by atoms with Crippen LogP contribution in [0.3, 0.4) is 0 Å². The van der Waals surface area contributed by atoms with Crippen molar-refractivity contribution in [2.75, 3.05) is 13.2 Å². The largest absolute Gasteiger partial charge is 0.394 e.